The lowest BCUT2D eigenvalue weighted by molar-refractivity contribution is -0.134. The molecule has 1 aromatic carbocycles. The Morgan fingerprint density at radius 2 is 1.82 bits per heavy atom. The molecule has 2 fully saturated rings. The van der Waals surface area contributed by atoms with Crippen molar-refractivity contribution >= 4 is 35.1 Å². The number of halogens is 1. The van der Waals surface area contributed by atoms with E-state index in [1.54, 1.807) is 0 Å². The first-order valence-corrected chi connectivity index (χ1v) is 10.5. The molecule has 0 radical (unpaired) electrons. The second-order valence-corrected chi connectivity index (χ2v) is 8.04. The molecule has 1 aliphatic heterocycles. The maximum Gasteiger partial charge on any atom is 0.325 e. The fraction of sp³-hybridized carbons (Fsp3) is 0.571. The highest BCUT2D eigenvalue weighted by Crippen LogP contribution is 2.33. The van der Waals surface area contributed by atoms with E-state index in [2.05, 4.69) is 10.6 Å². The number of rotatable bonds is 5. The van der Waals surface area contributed by atoms with Crippen LogP contribution in [0.2, 0.25) is 5.02 Å². The number of carbonyl (C=O) groups excluding carboxylic acids is 3. The van der Waals surface area contributed by atoms with Gasteiger partial charge in [-0.1, -0.05) is 57.2 Å². The maximum atomic E-state index is 13.0. The highest BCUT2D eigenvalue weighted by molar-refractivity contribution is 6.32. The van der Waals surface area contributed by atoms with Crippen LogP contribution < -0.4 is 10.6 Å². The van der Waals surface area contributed by atoms with Gasteiger partial charge in [0.25, 0.3) is 5.91 Å². The normalized spacial score (nSPS) is 18.9. The van der Waals surface area contributed by atoms with E-state index < -0.39 is 11.6 Å². The molecule has 7 heteroatoms. The molecule has 0 unspecified atom stereocenters. The van der Waals surface area contributed by atoms with Gasteiger partial charge in [0, 0.05) is 10.7 Å². The summed E-state index contributed by atoms with van der Waals surface area (Å²) in [6, 6.07) is 3.26. The Morgan fingerprint density at radius 1 is 1.14 bits per heavy atom. The molecule has 152 valence electrons. The number of imide groups is 1. The number of amides is 4. The molecule has 1 spiro atoms. The van der Waals surface area contributed by atoms with E-state index in [0.29, 0.717) is 30.0 Å². The molecule has 28 heavy (non-hydrogen) atoms. The first-order valence-electron chi connectivity index (χ1n) is 10.2. The summed E-state index contributed by atoms with van der Waals surface area (Å²) in [5.74, 6) is -0.659. The number of nitrogens with zero attached hydrogens (tertiary/aromatic N) is 1. The number of hydrogen-bond acceptors (Lipinski definition) is 3. The van der Waals surface area contributed by atoms with Gasteiger partial charge in [0.2, 0.25) is 5.91 Å². The molecule has 0 bridgehead atoms. The zero-order valence-corrected chi connectivity index (χ0v) is 17.3. The van der Waals surface area contributed by atoms with Gasteiger partial charge < -0.3 is 10.6 Å². The van der Waals surface area contributed by atoms with Gasteiger partial charge in [-0.3, -0.25) is 14.5 Å². The van der Waals surface area contributed by atoms with Crippen molar-refractivity contribution in [2.45, 2.75) is 70.8 Å². The molecule has 0 atom stereocenters. The van der Waals surface area contributed by atoms with E-state index in [4.69, 9.17) is 11.6 Å². The van der Waals surface area contributed by atoms with Crippen molar-refractivity contribution in [3.8, 4) is 0 Å². The van der Waals surface area contributed by atoms with Crippen molar-refractivity contribution in [3.63, 3.8) is 0 Å². The van der Waals surface area contributed by atoms with Crippen LogP contribution in [0.15, 0.2) is 12.1 Å². The summed E-state index contributed by atoms with van der Waals surface area (Å²) in [4.78, 5) is 39.2. The molecule has 2 aliphatic rings. The molecule has 4 amide bonds. The van der Waals surface area contributed by atoms with Crippen molar-refractivity contribution in [2.75, 3.05) is 11.9 Å². The Labute approximate surface area is 171 Å². The predicted octanol–water partition coefficient (Wildman–Crippen LogP) is 4.05. The average Bonchev–Trinajstić information content (AvgIpc) is 2.84. The van der Waals surface area contributed by atoms with E-state index in [9.17, 15) is 14.4 Å². The van der Waals surface area contributed by atoms with Crippen LogP contribution in [-0.2, 0) is 22.4 Å². The van der Waals surface area contributed by atoms with E-state index in [-0.39, 0.29) is 18.4 Å². The van der Waals surface area contributed by atoms with Crippen molar-refractivity contribution in [3.05, 3.63) is 28.3 Å². The van der Waals surface area contributed by atoms with Gasteiger partial charge in [0.05, 0.1) is 0 Å². The van der Waals surface area contributed by atoms with E-state index in [1.807, 2.05) is 26.0 Å². The van der Waals surface area contributed by atoms with Gasteiger partial charge >= 0.3 is 6.03 Å². The number of carbonyl (C=O) groups is 3. The summed E-state index contributed by atoms with van der Waals surface area (Å²) in [5.41, 5.74) is 1.71. The van der Waals surface area contributed by atoms with Gasteiger partial charge in [-0.05, 0) is 42.9 Å². The maximum absolute atomic E-state index is 13.0. The fourth-order valence-corrected chi connectivity index (χ4v) is 4.57. The minimum absolute atomic E-state index is 0.271. The third kappa shape index (κ3) is 3.88. The lowest BCUT2D eigenvalue weighted by atomic mass is 9.90. The second-order valence-electron chi connectivity index (χ2n) is 7.63. The summed E-state index contributed by atoms with van der Waals surface area (Å²) in [5, 5.41) is 6.36. The fourth-order valence-electron chi connectivity index (χ4n) is 4.28. The molecule has 2 N–H and O–H groups in total. The Hall–Kier alpha value is -2.08. The smallest absolute Gasteiger partial charge is 0.324 e. The molecular weight excluding hydrogens is 378 g/mol. The molecule has 0 aromatic heterocycles. The number of nitrogens with one attached hydrogen (secondary N) is 2. The molecule has 1 saturated carbocycles. The SMILES string of the molecule is CCc1ccc(Cl)c(CC)c1NC(=O)CN1C(=O)NC2(CCCCCC2)C1=O. The Bertz CT molecular complexity index is 785. The van der Waals surface area contributed by atoms with Crippen LogP contribution in [0.4, 0.5) is 10.5 Å². The van der Waals surface area contributed by atoms with Gasteiger partial charge in [0.15, 0.2) is 0 Å². The first-order chi connectivity index (χ1) is 13.4. The molecule has 3 rings (SSSR count). The first kappa shape index (κ1) is 20.6. The van der Waals surface area contributed by atoms with Gasteiger partial charge in [0.1, 0.15) is 12.1 Å². The molecule has 6 nitrogen and oxygen atoms in total. The van der Waals surface area contributed by atoms with Gasteiger partial charge in [-0.15, -0.1) is 0 Å². The van der Waals surface area contributed by atoms with Crippen molar-refractivity contribution in [2.24, 2.45) is 0 Å². The highest BCUT2D eigenvalue weighted by Gasteiger charge is 2.51. The van der Waals surface area contributed by atoms with Crippen LogP contribution in [0.25, 0.3) is 0 Å². The van der Waals surface area contributed by atoms with Crippen LogP contribution >= 0.6 is 11.6 Å². The summed E-state index contributed by atoms with van der Waals surface area (Å²) in [7, 11) is 0. The molecular formula is C21H28ClN3O3. The topological polar surface area (TPSA) is 78.5 Å². The van der Waals surface area contributed by atoms with Crippen LogP contribution in [0.5, 0.6) is 0 Å². The van der Waals surface area contributed by atoms with Crippen LogP contribution in [0.1, 0.15) is 63.5 Å². The minimum atomic E-state index is -0.826. The van der Waals surface area contributed by atoms with Gasteiger partial charge in [-0.25, -0.2) is 4.79 Å². The third-order valence-electron chi connectivity index (χ3n) is 5.85. The number of anilines is 1. The van der Waals surface area contributed by atoms with E-state index in [0.717, 1.165) is 48.1 Å². The Balaban J connectivity index is 1.76. The largest absolute Gasteiger partial charge is 0.325 e. The zero-order valence-electron chi connectivity index (χ0n) is 16.6. The van der Waals surface area contributed by atoms with Crippen LogP contribution in [0, 0.1) is 0 Å². The number of benzene rings is 1. The lowest BCUT2D eigenvalue weighted by Gasteiger charge is -2.24. The van der Waals surface area contributed by atoms with E-state index >= 15 is 0 Å². The van der Waals surface area contributed by atoms with Crippen LogP contribution in [-0.4, -0.2) is 34.8 Å². The highest BCUT2D eigenvalue weighted by atomic mass is 35.5. The molecule has 1 aliphatic carbocycles. The van der Waals surface area contributed by atoms with Crippen LogP contribution in [0.3, 0.4) is 0 Å². The quantitative estimate of drug-likeness (QED) is 0.725. The summed E-state index contributed by atoms with van der Waals surface area (Å²) in [6.07, 6.45) is 6.66. The lowest BCUT2D eigenvalue weighted by Crippen LogP contribution is -2.47. The second kappa shape index (κ2) is 8.52. The Morgan fingerprint density at radius 3 is 2.43 bits per heavy atom. The third-order valence-corrected chi connectivity index (χ3v) is 6.20. The standard InChI is InChI=1S/C21H28ClN3O3/c1-3-14-9-10-16(22)15(4-2)18(14)23-17(26)13-25-19(27)21(24-20(25)28)11-7-5-6-8-12-21/h9-10H,3-8,11-13H2,1-2H3,(H,23,26)(H,24,28). The van der Waals surface area contributed by atoms with Crippen molar-refractivity contribution in [1.82, 2.24) is 10.2 Å². The molecule has 1 aromatic rings. The number of aryl methyl sites for hydroxylation is 1. The predicted molar refractivity (Wildman–Crippen MR) is 110 cm³/mol. The van der Waals surface area contributed by atoms with E-state index in [1.165, 1.54) is 0 Å². The summed E-state index contributed by atoms with van der Waals surface area (Å²) in [6.45, 7) is 3.69. The molecule has 1 saturated heterocycles. The van der Waals surface area contributed by atoms with Crippen molar-refractivity contribution in [1.29, 1.82) is 0 Å². The van der Waals surface area contributed by atoms with Crippen molar-refractivity contribution < 1.29 is 14.4 Å². The zero-order chi connectivity index (χ0) is 20.3. The summed E-state index contributed by atoms with van der Waals surface area (Å²) >= 11 is 6.29. The monoisotopic (exact) mass is 405 g/mol. The number of hydrogen-bond donors (Lipinski definition) is 2. The number of urea groups is 1. The summed E-state index contributed by atoms with van der Waals surface area (Å²) < 4.78 is 0. The average molecular weight is 406 g/mol. The Kier molecular flexibility index (Phi) is 6.28. The minimum Gasteiger partial charge on any atom is -0.324 e. The molecule has 1 heterocycles. The van der Waals surface area contributed by atoms with Gasteiger partial charge in [-0.2, -0.15) is 0 Å².